The zero-order valence-corrected chi connectivity index (χ0v) is 12.5. The molecule has 0 aromatic carbocycles. The van der Waals surface area contributed by atoms with Crippen molar-refractivity contribution in [1.82, 2.24) is 0 Å². The monoisotopic (exact) mass is 279 g/mol. The number of rotatable bonds is 6. The maximum Gasteiger partial charge on any atom is 0.102 e. The van der Waals surface area contributed by atoms with Crippen LogP contribution in [0, 0.1) is 0 Å². The smallest absolute Gasteiger partial charge is 0.102 e. The van der Waals surface area contributed by atoms with E-state index in [0.29, 0.717) is 5.75 Å². The molecule has 0 N–H and O–H groups in total. The van der Waals surface area contributed by atoms with Crippen LogP contribution in [0.1, 0.15) is 6.42 Å². The molecule has 1 saturated heterocycles. The van der Waals surface area contributed by atoms with Crippen molar-refractivity contribution in [3.63, 3.8) is 0 Å². The van der Waals surface area contributed by atoms with Gasteiger partial charge in [-0.05, 0) is 18.4 Å². The first-order valence-corrected chi connectivity index (χ1v) is 7.52. The van der Waals surface area contributed by atoms with Gasteiger partial charge >= 0.3 is 0 Å². The number of hydrogen-bond acceptors (Lipinski definition) is 5. The molecule has 1 aliphatic heterocycles. The van der Waals surface area contributed by atoms with Crippen molar-refractivity contribution in [1.29, 1.82) is 0 Å². The highest BCUT2D eigenvalue weighted by atomic mass is 32.2. The molecule has 0 saturated carbocycles. The van der Waals surface area contributed by atoms with Crippen molar-refractivity contribution >= 4 is 17.7 Å². The lowest BCUT2D eigenvalue weighted by atomic mass is 10.3. The van der Waals surface area contributed by atoms with Crippen molar-refractivity contribution in [2.24, 2.45) is 0 Å². The van der Waals surface area contributed by atoms with Crippen molar-refractivity contribution in [3.05, 3.63) is 0 Å². The molecule has 0 bridgehead atoms. The van der Waals surface area contributed by atoms with Gasteiger partial charge in [-0.2, -0.15) is 11.8 Å². The Bertz CT molecular complexity index is 220. The summed E-state index contributed by atoms with van der Waals surface area (Å²) in [5, 5.41) is 9.63. The molecule has 1 rings (SSSR count). The highest BCUT2D eigenvalue weighted by Gasteiger charge is 2.24. The highest BCUT2D eigenvalue weighted by Crippen LogP contribution is 2.06. The molecule has 0 aliphatic carbocycles. The fourth-order valence-electron chi connectivity index (χ4n) is 1.50. The summed E-state index contributed by atoms with van der Waals surface area (Å²) in [4.78, 5) is 9.63. The Labute approximate surface area is 114 Å². The summed E-state index contributed by atoms with van der Waals surface area (Å²) in [6, 6.07) is 0. The zero-order chi connectivity index (χ0) is 13.9. The third kappa shape index (κ3) is 9.70. The Balaban J connectivity index is 0.000000360. The summed E-state index contributed by atoms with van der Waals surface area (Å²) in [7, 11) is 4.02. The van der Waals surface area contributed by atoms with Gasteiger partial charge in [0.05, 0.1) is 26.9 Å². The minimum Gasteiger partial charge on any atom is -0.550 e. The van der Waals surface area contributed by atoms with Gasteiger partial charge in [0.15, 0.2) is 0 Å². The molecule has 0 atom stereocenters. The number of carbonyl (C=O) groups is 1. The second-order valence-electron chi connectivity index (χ2n) is 4.51. The van der Waals surface area contributed by atoms with Crippen molar-refractivity contribution < 1.29 is 23.9 Å². The summed E-state index contributed by atoms with van der Waals surface area (Å²) < 4.78 is 11.4. The molecule has 18 heavy (non-hydrogen) atoms. The lowest BCUT2D eigenvalue weighted by Gasteiger charge is -2.37. The van der Waals surface area contributed by atoms with Crippen LogP contribution in [0.15, 0.2) is 0 Å². The predicted molar refractivity (Wildman–Crippen MR) is 71.5 cm³/mol. The third-order valence-electron chi connectivity index (χ3n) is 2.90. The number of aliphatic carboxylic acids is 1. The number of carbonyl (C=O) groups excluding carboxylic acids is 1. The number of hydrogen-bond donors (Lipinski definition) is 0. The Kier molecular flexibility index (Phi) is 10.4. The number of morpholine rings is 1. The average molecular weight is 279 g/mol. The number of likely N-dealkylation sites (N-methyl/N-ethyl adjacent to an activating group) is 1. The summed E-state index contributed by atoms with van der Waals surface area (Å²) >= 11 is 1.51. The molecule has 0 spiro atoms. The average Bonchev–Trinajstić information content (AvgIpc) is 2.35. The molecule has 0 amide bonds. The van der Waals surface area contributed by atoms with Crippen LogP contribution in [-0.4, -0.2) is 76.1 Å². The van der Waals surface area contributed by atoms with Gasteiger partial charge in [-0.15, -0.1) is 0 Å². The van der Waals surface area contributed by atoms with Gasteiger partial charge in [0.25, 0.3) is 0 Å². The van der Waals surface area contributed by atoms with Crippen LogP contribution in [0.3, 0.4) is 0 Å². The number of carboxylic acids is 1. The van der Waals surface area contributed by atoms with Gasteiger partial charge in [-0.1, -0.05) is 0 Å². The molecule has 6 heteroatoms. The van der Waals surface area contributed by atoms with Crippen LogP contribution in [0.5, 0.6) is 0 Å². The Morgan fingerprint density at radius 3 is 2.44 bits per heavy atom. The van der Waals surface area contributed by atoms with E-state index in [0.717, 1.165) is 43.9 Å². The summed E-state index contributed by atoms with van der Waals surface area (Å²) in [5.74, 6) is -0.308. The summed E-state index contributed by atoms with van der Waals surface area (Å²) in [6.45, 7) is 6.03. The van der Waals surface area contributed by atoms with Crippen LogP contribution < -0.4 is 5.11 Å². The van der Waals surface area contributed by atoms with Gasteiger partial charge in [-0.3, -0.25) is 0 Å². The van der Waals surface area contributed by atoms with E-state index < -0.39 is 5.97 Å². The molecule has 5 nitrogen and oxygen atoms in total. The second-order valence-corrected chi connectivity index (χ2v) is 5.50. The predicted octanol–water partition coefficient (Wildman–Crippen LogP) is -0.401. The SMILES string of the molecule is COCC[N+]1(C)CCOCC1.CSCCC(=O)[O-]. The van der Waals surface area contributed by atoms with Crippen LogP contribution in [0.4, 0.5) is 0 Å². The van der Waals surface area contributed by atoms with E-state index in [9.17, 15) is 9.90 Å². The molecular formula is C12H25NO4S. The largest absolute Gasteiger partial charge is 0.550 e. The van der Waals surface area contributed by atoms with Gasteiger partial charge in [0.1, 0.15) is 19.6 Å². The van der Waals surface area contributed by atoms with E-state index in [1.54, 1.807) is 7.11 Å². The van der Waals surface area contributed by atoms with Crippen LogP contribution in [0.25, 0.3) is 0 Å². The maximum atomic E-state index is 9.63. The number of methoxy groups -OCH3 is 1. The molecule has 1 fully saturated rings. The molecular weight excluding hydrogens is 254 g/mol. The molecule has 0 aromatic heterocycles. The Hall–Kier alpha value is -0.300. The van der Waals surface area contributed by atoms with Crippen molar-refractivity contribution in [3.8, 4) is 0 Å². The second kappa shape index (κ2) is 10.6. The Morgan fingerprint density at radius 2 is 2.06 bits per heavy atom. The number of nitrogens with zero attached hydrogens (tertiary/aromatic N) is 1. The number of quaternary nitrogens is 1. The Morgan fingerprint density at radius 1 is 1.44 bits per heavy atom. The molecule has 0 aromatic rings. The van der Waals surface area contributed by atoms with E-state index in [1.807, 2.05) is 6.26 Å². The van der Waals surface area contributed by atoms with Gasteiger partial charge < -0.3 is 23.9 Å². The van der Waals surface area contributed by atoms with Crippen LogP contribution >= 0.6 is 11.8 Å². The van der Waals surface area contributed by atoms with Crippen molar-refractivity contribution in [2.45, 2.75) is 6.42 Å². The fraction of sp³-hybridized carbons (Fsp3) is 0.917. The number of ether oxygens (including phenoxy) is 2. The maximum absolute atomic E-state index is 9.63. The number of thioether (sulfide) groups is 1. The molecule has 108 valence electrons. The van der Waals surface area contributed by atoms with Crippen LogP contribution in [-0.2, 0) is 14.3 Å². The molecule has 1 heterocycles. The lowest BCUT2D eigenvalue weighted by molar-refractivity contribution is -0.917. The molecule has 0 radical (unpaired) electrons. The van der Waals surface area contributed by atoms with E-state index in [2.05, 4.69) is 7.05 Å². The number of carboxylic acid groups (broad SMARTS) is 1. The first-order chi connectivity index (χ1) is 8.54. The van der Waals surface area contributed by atoms with E-state index in [-0.39, 0.29) is 6.42 Å². The van der Waals surface area contributed by atoms with E-state index in [1.165, 1.54) is 11.8 Å². The first kappa shape index (κ1) is 17.7. The van der Waals surface area contributed by atoms with Crippen molar-refractivity contribution in [2.75, 3.05) is 65.6 Å². The van der Waals surface area contributed by atoms with E-state index >= 15 is 0 Å². The summed E-state index contributed by atoms with van der Waals surface area (Å²) in [5.41, 5.74) is 0. The quantitative estimate of drug-likeness (QED) is 0.619. The van der Waals surface area contributed by atoms with Gasteiger partial charge in [0.2, 0.25) is 0 Å². The minimum absolute atomic E-state index is 0.168. The van der Waals surface area contributed by atoms with E-state index in [4.69, 9.17) is 9.47 Å². The first-order valence-electron chi connectivity index (χ1n) is 6.13. The summed E-state index contributed by atoms with van der Waals surface area (Å²) in [6.07, 6.45) is 2.03. The lowest BCUT2D eigenvalue weighted by Crippen LogP contribution is -2.53. The third-order valence-corrected chi connectivity index (χ3v) is 3.51. The zero-order valence-electron chi connectivity index (χ0n) is 11.6. The van der Waals surface area contributed by atoms with Gasteiger partial charge in [-0.25, -0.2) is 0 Å². The normalized spacial score (nSPS) is 17.7. The fourth-order valence-corrected chi connectivity index (χ4v) is 1.88. The van der Waals surface area contributed by atoms with Crippen LogP contribution in [0.2, 0.25) is 0 Å². The topological polar surface area (TPSA) is 58.6 Å². The highest BCUT2D eigenvalue weighted by molar-refractivity contribution is 7.98. The molecule has 1 aliphatic rings. The minimum atomic E-state index is -0.964. The van der Waals surface area contributed by atoms with Gasteiger partial charge in [0, 0.05) is 13.1 Å². The molecule has 0 unspecified atom stereocenters. The standard InChI is InChI=1S/C8H18NO2.C4H8O2S/c1-9(3-6-10-2)4-7-11-8-5-9;1-7-3-2-4(5)6/h3-8H2,1-2H3;2-3H2,1H3,(H,5,6)/q+1;/p-1.